The van der Waals surface area contributed by atoms with E-state index in [-0.39, 0.29) is 4.90 Å². The SMILES string of the molecule is O=C(O)CNC(=O)CNS(=O)(=O)c1ccccc1Br. The number of carboxylic acid groups (broad SMARTS) is 1. The van der Waals surface area contributed by atoms with Gasteiger partial charge in [0.05, 0.1) is 11.4 Å². The van der Waals surface area contributed by atoms with E-state index < -0.39 is 35.0 Å². The standard InChI is InChI=1S/C10H11BrN2O5S/c11-7-3-1-2-4-8(7)19(17,18)13-5-9(14)12-6-10(15)16/h1-4,13H,5-6H2,(H,12,14)(H,15,16). The molecule has 9 heteroatoms. The van der Waals surface area contributed by atoms with Crippen molar-refractivity contribution >= 4 is 37.8 Å². The van der Waals surface area contributed by atoms with Crippen molar-refractivity contribution in [3.05, 3.63) is 28.7 Å². The zero-order valence-electron chi connectivity index (χ0n) is 9.59. The van der Waals surface area contributed by atoms with Crippen LogP contribution in [0.5, 0.6) is 0 Å². The van der Waals surface area contributed by atoms with Gasteiger partial charge in [-0.3, -0.25) is 9.59 Å². The molecule has 0 saturated carbocycles. The molecule has 104 valence electrons. The van der Waals surface area contributed by atoms with E-state index in [4.69, 9.17) is 5.11 Å². The molecular formula is C10H11BrN2O5S. The zero-order valence-corrected chi connectivity index (χ0v) is 12.0. The second kappa shape index (κ2) is 6.64. The lowest BCUT2D eigenvalue weighted by Gasteiger charge is -2.08. The molecule has 19 heavy (non-hydrogen) atoms. The van der Waals surface area contributed by atoms with Gasteiger partial charge in [-0.1, -0.05) is 12.1 Å². The van der Waals surface area contributed by atoms with Gasteiger partial charge in [0.1, 0.15) is 6.54 Å². The molecule has 3 N–H and O–H groups in total. The van der Waals surface area contributed by atoms with Crippen molar-refractivity contribution in [3.8, 4) is 0 Å². The number of rotatable bonds is 6. The minimum Gasteiger partial charge on any atom is -0.480 e. The van der Waals surface area contributed by atoms with Crippen molar-refractivity contribution in [1.82, 2.24) is 10.0 Å². The van der Waals surface area contributed by atoms with E-state index in [1.54, 1.807) is 18.2 Å². The van der Waals surface area contributed by atoms with Crippen molar-refractivity contribution < 1.29 is 23.1 Å². The van der Waals surface area contributed by atoms with E-state index in [1.165, 1.54) is 6.07 Å². The molecule has 1 amide bonds. The molecule has 0 saturated heterocycles. The summed E-state index contributed by atoms with van der Waals surface area (Å²) in [6, 6.07) is 6.13. The first-order valence-electron chi connectivity index (χ1n) is 5.05. The molecule has 0 aliphatic heterocycles. The maximum Gasteiger partial charge on any atom is 0.322 e. The second-order valence-electron chi connectivity index (χ2n) is 3.43. The Hall–Kier alpha value is -1.45. The highest BCUT2D eigenvalue weighted by Gasteiger charge is 2.18. The number of carboxylic acids is 1. The zero-order chi connectivity index (χ0) is 14.5. The highest BCUT2D eigenvalue weighted by Crippen LogP contribution is 2.20. The summed E-state index contributed by atoms with van der Waals surface area (Å²) in [5.74, 6) is -1.93. The molecule has 0 aliphatic carbocycles. The Morgan fingerprint density at radius 1 is 1.21 bits per heavy atom. The maximum absolute atomic E-state index is 11.9. The van der Waals surface area contributed by atoms with E-state index in [0.717, 1.165) is 0 Å². The first kappa shape index (κ1) is 15.6. The van der Waals surface area contributed by atoms with Crippen LogP contribution in [0.15, 0.2) is 33.6 Å². The fourth-order valence-electron chi connectivity index (χ4n) is 1.14. The average Bonchev–Trinajstić information content (AvgIpc) is 2.34. The van der Waals surface area contributed by atoms with Crippen LogP contribution in [0.3, 0.4) is 0 Å². The Bertz CT molecular complexity index is 587. The predicted molar refractivity (Wildman–Crippen MR) is 70.0 cm³/mol. The molecule has 0 aromatic heterocycles. The normalized spacial score (nSPS) is 11.0. The van der Waals surface area contributed by atoms with Crippen LogP contribution < -0.4 is 10.0 Å². The molecular weight excluding hydrogens is 340 g/mol. The van der Waals surface area contributed by atoms with Gasteiger partial charge in [0.15, 0.2) is 0 Å². The van der Waals surface area contributed by atoms with Crippen LogP contribution >= 0.6 is 15.9 Å². The molecule has 0 atom stereocenters. The molecule has 0 spiro atoms. The molecule has 0 heterocycles. The Kier molecular flexibility index (Phi) is 5.45. The van der Waals surface area contributed by atoms with Gasteiger partial charge in [-0.15, -0.1) is 0 Å². The molecule has 1 aromatic carbocycles. The minimum atomic E-state index is -3.83. The highest BCUT2D eigenvalue weighted by atomic mass is 79.9. The summed E-state index contributed by atoms with van der Waals surface area (Å²) >= 11 is 3.09. The smallest absolute Gasteiger partial charge is 0.322 e. The Morgan fingerprint density at radius 3 is 2.42 bits per heavy atom. The van der Waals surface area contributed by atoms with Crippen molar-refractivity contribution in [3.63, 3.8) is 0 Å². The summed E-state index contributed by atoms with van der Waals surface area (Å²) in [7, 11) is -3.83. The summed E-state index contributed by atoms with van der Waals surface area (Å²) < 4.78 is 26.2. The number of amides is 1. The van der Waals surface area contributed by atoms with Gasteiger partial charge in [-0.05, 0) is 28.1 Å². The summed E-state index contributed by atoms with van der Waals surface area (Å²) in [6.07, 6.45) is 0. The van der Waals surface area contributed by atoms with E-state index in [9.17, 15) is 18.0 Å². The first-order valence-corrected chi connectivity index (χ1v) is 7.33. The van der Waals surface area contributed by atoms with Crippen LogP contribution in [-0.2, 0) is 19.6 Å². The monoisotopic (exact) mass is 350 g/mol. The van der Waals surface area contributed by atoms with Crippen LogP contribution in [0.4, 0.5) is 0 Å². The fraction of sp³-hybridized carbons (Fsp3) is 0.200. The van der Waals surface area contributed by atoms with Crippen molar-refractivity contribution in [2.45, 2.75) is 4.90 Å². The van der Waals surface area contributed by atoms with Gasteiger partial charge in [-0.2, -0.15) is 0 Å². The number of sulfonamides is 1. The van der Waals surface area contributed by atoms with Crippen LogP contribution in [-0.4, -0.2) is 38.5 Å². The second-order valence-corrected chi connectivity index (χ2v) is 6.02. The fourth-order valence-corrected chi connectivity index (χ4v) is 3.12. The molecule has 0 bridgehead atoms. The van der Waals surface area contributed by atoms with Gasteiger partial charge in [0, 0.05) is 4.47 Å². The third-order valence-corrected chi connectivity index (χ3v) is 4.40. The number of benzene rings is 1. The lowest BCUT2D eigenvalue weighted by molar-refractivity contribution is -0.137. The minimum absolute atomic E-state index is 0.000958. The molecule has 0 fully saturated rings. The number of hydrogen-bond donors (Lipinski definition) is 3. The number of hydrogen-bond acceptors (Lipinski definition) is 4. The van der Waals surface area contributed by atoms with E-state index >= 15 is 0 Å². The molecule has 1 rings (SSSR count). The van der Waals surface area contributed by atoms with Gasteiger partial charge in [0.25, 0.3) is 0 Å². The Morgan fingerprint density at radius 2 is 1.84 bits per heavy atom. The summed E-state index contributed by atoms with van der Waals surface area (Å²) in [4.78, 5) is 21.4. The Balaban J connectivity index is 2.64. The van der Waals surface area contributed by atoms with Crippen molar-refractivity contribution in [2.24, 2.45) is 0 Å². The van der Waals surface area contributed by atoms with Crippen LogP contribution in [0.25, 0.3) is 0 Å². The van der Waals surface area contributed by atoms with E-state index in [2.05, 4.69) is 20.7 Å². The van der Waals surface area contributed by atoms with Crippen LogP contribution in [0.1, 0.15) is 0 Å². The van der Waals surface area contributed by atoms with Crippen molar-refractivity contribution in [2.75, 3.05) is 13.1 Å². The number of carbonyl (C=O) groups excluding carboxylic acids is 1. The van der Waals surface area contributed by atoms with Crippen LogP contribution in [0, 0.1) is 0 Å². The summed E-state index contributed by atoms with van der Waals surface area (Å²) in [5.41, 5.74) is 0. The lowest BCUT2D eigenvalue weighted by atomic mass is 10.4. The Labute approximate surface area is 118 Å². The average molecular weight is 351 g/mol. The van der Waals surface area contributed by atoms with Gasteiger partial charge in [0.2, 0.25) is 15.9 Å². The number of carbonyl (C=O) groups is 2. The third kappa shape index (κ3) is 4.97. The lowest BCUT2D eigenvalue weighted by Crippen LogP contribution is -2.39. The highest BCUT2D eigenvalue weighted by molar-refractivity contribution is 9.10. The predicted octanol–water partition coefficient (Wildman–Crippen LogP) is -0.0718. The van der Waals surface area contributed by atoms with Gasteiger partial charge < -0.3 is 10.4 Å². The van der Waals surface area contributed by atoms with E-state index in [0.29, 0.717) is 4.47 Å². The number of aliphatic carboxylic acids is 1. The summed E-state index contributed by atoms with van der Waals surface area (Å²) in [6.45, 7) is -1.09. The van der Waals surface area contributed by atoms with Gasteiger partial charge in [-0.25, -0.2) is 13.1 Å². The molecule has 0 unspecified atom stereocenters. The first-order chi connectivity index (χ1) is 8.83. The number of halogens is 1. The number of nitrogens with one attached hydrogen (secondary N) is 2. The maximum atomic E-state index is 11.9. The largest absolute Gasteiger partial charge is 0.480 e. The molecule has 7 nitrogen and oxygen atoms in total. The molecule has 1 aromatic rings. The summed E-state index contributed by atoms with van der Waals surface area (Å²) in [5, 5.41) is 10.4. The topological polar surface area (TPSA) is 113 Å². The quantitative estimate of drug-likeness (QED) is 0.664. The van der Waals surface area contributed by atoms with Gasteiger partial charge >= 0.3 is 5.97 Å². The van der Waals surface area contributed by atoms with Crippen LogP contribution in [0.2, 0.25) is 0 Å². The molecule has 0 radical (unpaired) electrons. The van der Waals surface area contributed by atoms with Crippen molar-refractivity contribution in [1.29, 1.82) is 0 Å². The third-order valence-electron chi connectivity index (χ3n) is 1.99. The van der Waals surface area contributed by atoms with E-state index in [1.807, 2.05) is 5.32 Å². The molecule has 0 aliphatic rings.